The van der Waals surface area contributed by atoms with Gasteiger partial charge in [0.05, 0.1) is 0 Å². The van der Waals surface area contributed by atoms with Gasteiger partial charge in [0.2, 0.25) is 0 Å². The van der Waals surface area contributed by atoms with Gasteiger partial charge in [-0.1, -0.05) is 70.6 Å². The van der Waals surface area contributed by atoms with Crippen LogP contribution < -0.4 is 0 Å². The molecule has 116 valence electrons. The van der Waals surface area contributed by atoms with Crippen molar-refractivity contribution in [1.29, 1.82) is 0 Å². The Morgan fingerprint density at radius 2 is 0.947 bits per heavy atom. The molecule has 0 saturated carbocycles. The maximum atomic E-state index is 8.66. The van der Waals surface area contributed by atoms with Crippen molar-refractivity contribution in [3.63, 3.8) is 0 Å². The molecule has 0 atom stereocenters. The standard InChI is InChI=1S/C17H36O2/c1-2-19-17-15-13-11-9-7-5-3-4-6-8-10-12-14-16-18/h18H,2-17H2,1H3. The van der Waals surface area contributed by atoms with E-state index in [2.05, 4.69) is 6.92 Å². The molecule has 0 rings (SSSR count). The zero-order chi connectivity index (χ0) is 14.0. The Kier molecular flexibility index (Phi) is 17.8. The minimum absolute atomic E-state index is 0.366. The quantitative estimate of drug-likeness (QED) is 0.397. The van der Waals surface area contributed by atoms with Gasteiger partial charge < -0.3 is 9.84 Å². The molecule has 0 aliphatic rings. The number of aliphatic hydroxyl groups is 1. The van der Waals surface area contributed by atoms with E-state index in [0.29, 0.717) is 6.61 Å². The van der Waals surface area contributed by atoms with Gasteiger partial charge in [-0.05, 0) is 19.8 Å². The fourth-order valence-corrected chi connectivity index (χ4v) is 2.40. The number of hydrogen-bond donors (Lipinski definition) is 1. The van der Waals surface area contributed by atoms with E-state index in [1.807, 2.05) is 0 Å². The average Bonchev–Trinajstić information content (AvgIpc) is 2.43. The molecule has 0 fully saturated rings. The van der Waals surface area contributed by atoms with Crippen molar-refractivity contribution in [3.8, 4) is 0 Å². The van der Waals surface area contributed by atoms with Crippen LogP contribution >= 0.6 is 0 Å². The van der Waals surface area contributed by atoms with E-state index < -0.39 is 0 Å². The molecule has 0 aromatic rings. The van der Waals surface area contributed by atoms with Crippen LogP contribution in [0.5, 0.6) is 0 Å². The van der Waals surface area contributed by atoms with Gasteiger partial charge in [0.1, 0.15) is 0 Å². The van der Waals surface area contributed by atoms with Gasteiger partial charge in [-0.3, -0.25) is 0 Å². The molecule has 0 aliphatic heterocycles. The highest BCUT2D eigenvalue weighted by atomic mass is 16.5. The number of hydrogen-bond acceptors (Lipinski definition) is 2. The normalized spacial score (nSPS) is 11.1. The van der Waals surface area contributed by atoms with E-state index in [1.165, 1.54) is 77.0 Å². The Hall–Kier alpha value is -0.0800. The summed E-state index contributed by atoms with van der Waals surface area (Å²) in [6.07, 6.45) is 17.3. The maximum Gasteiger partial charge on any atom is 0.0465 e. The zero-order valence-electron chi connectivity index (χ0n) is 13.2. The molecule has 0 aromatic carbocycles. The molecular weight excluding hydrogens is 236 g/mol. The zero-order valence-corrected chi connectivity index (χ0v) is 13.2. The van der Waals surface area contributed by atoms with Gasteiger partial charge in [0, 0.05) is 19.8 Å². The summed E-state index contributed by atoms with van der Waals surface area (Å²) < 4.78 is 5.33. The Labute approximate surface area is 120 Å². The van der Waals surface area contributed by atoms with Gasteiger partial charge in [-0.15, -0.1) is 0 Å². The number of rotatable bonds is 16. The van der Waals surface area contributed by atoms with E-state index >= 15 is 0 Å². The van der Waals surface area contributed by atoms with Crippen LogP contribution in [0.2, 0.25) is 0 Å². The molecule has 0 aromatic heterocycles. The van der Waals surface area contributed by atoms with Crippen LogP contribution in [-0.2, 0) is 4.74 Å². The highest BCUT2D eigenvalue weighted by Gasteiger charge is 1.94. The van der Waals surface area contributed by atoms with Crippen molar-refractivity contribution < 1.29 is 9.84 Å². The molecule has 0 aliphatic carbocycles. The topological polar surface area (TPSA) is 29.5 Å². The monoisotopic (exact) mass is 272 g/mol. The number of aliphatic hydroxyl groups excluding tert-OH is 1. The van der Waals surface area contributed by atoms with Crippen LogP contribution in [0.4, 0.5) is 0 Å². The maximum absolute atomic E-state index is 8.66. The van der Waals surface area contributed by atoms with Crippen molar-refractivity contribution in [3.05, 3.63) is 0 Å². The Morgan fingerprint density at radius 1 is 0.579 bits per heavy atom. The minimum Gasteiger partial charge on any atom is -0.396 e. The van der Waals surface area contributed by atoms with Crippen molar-refractivity contribution in [2.45, 2.75) is 90.4 Å². The SMILES string of the molecule is CCOCCCCCCCCCCCCCCCO. The molecule has 0 radical (unpaired) electrons. The molecule has 1 N–H and O–H groups in total. The van der Waals surface area contributed by atoms with Gasteiger partial charge >= 0.3 is 0 Å². The van der Waals surface area contributed by atoms with E-state index in [0.717, 1.165) is 19.6 Å². The predicted octanol–water partition coefficient (Wildman–Crippen LogP) is 5.09. The minimum atomic E-state index is 0.366. The van der Waals surface area contributed by atoms with Gasteiger partial charge in [-0.25, -0.2) is 0 Å². The Morgan fingerprint density at radius 3 is 1.32 bits per heavy atom. The van der Waals surface area contributed by atoms with Crippen molar-refractivity contribution in [2.24, 2.45) is 0 Å². The third kappa shape index (κ3) is 17.9. The first-order valence-electron chi connectivity index (χ1n) is 8.60. The lowest BCUT2D eigenvalue weighted by molar-refractivity contribution is 0.143. The lowest BCUT2D eigenvalue weighted by atomic mass is 10.0. The summed E-state index contributed by atoms with van der Waals surface area (Å²) in [7, 11) is 0. The van der Waals surface area contributed by atoms with Crippen molar-refractivity contribution in [1.82, 2.24) is 0 Å². The molecule has 2 heteroatoms. The fraction of sp³-hybridized carbons (Fsp3) is 1.00. The third-order valence-corrected chi connectivity index (χ3v) is 3.65. The lowest BCUT2D eigenvalue weighted by Gasteiger charge is -2.03. The highest BCUT2D eigenvalue weighted by Crippen LogP contribution is 2.12. The van der Waals surface area contributed by atoms with Crippen molar-refractivity contribution in [2.75, 3.05) is 19.8 Å². The summed E-state index contributed by atoms with van der Waals surface area (Å²) in [5.41, 5.74) is 0. The molecule has 0 bridgehead atoms. The van der Waals surface area contributed by atoms with E-state index in [-0.39, 0.29) is 0 Å². The summed E-state index contributed by atoms with van der Waals surface area (Å²) in [4.78, 5) is 0. The summed E-state index contributed by atoms with van der Waals surface area (Å²) in [6, 6.07) is 0. The molecule has 0 amide bonds. The van der Waals surface area contributed by atoms with Crippen LogP contribution in [0.3, 0.4) is 0 Å². The largest absolute Gasteiger partial charge is 0.396 e. The van der Waals surface area contributed by atoms with Crippen LogP contribution in [0, 0.1) is 0 Å². The van der Waals surface area contributed by atoms with Gasteiger partial charge in [-0.2, -0.15) is 0 Å². The number of ether oxygens (including phenoxy) is 1. The smallest absolute Gasteiger partial charge is 0.0465 e. The number of unbranched alkanes of at least 4 members (excludes halogenated alkanes) is 12. The molecule has 2 nitrogen and oxygen atoms in total. The fourth-order valence-electron chi connectivity index (χ4n) is 2.40. The second-order valence-corrected chi connectivity index (χ2v) is 5.52. The lowest BCUT2D eigenvalue weighted by Crippen LogP contribution is -1.92. The third-order valence-electron chi connectivity index (χ3n) is 3.65. The summed E-state index contributed by atoms with van der Waals surface area (Å²) in [5.74, 6) is 0. The van der Waals surface area contributed by atoms with Crippen LogP contribution in [0.1, 0.15) is 90.4 Å². The molecule has 0 heterocycles. The molecular formula is C17H36O2. The summed E-state index contributed by atoms with van der Waals surface area (Å²) in [5, 5.41) is 8.66. The molecule has 0 saturated heterocycles. The molecule has 0 spiro atoms. The summed E-state index contributed by atoms with van der Waals surface area (Å²) >= 11 is 0. The Bertz CT molecular complexity index is 132. The second kappa shape index (κ2) is 17.9. The van der Waals surface area contributed by atoms with Crippen molar-refractivity contribution >= 4 is 0 Å². The van der Waals surface area contributed by atoms with Gasteiger partial charge in [0.15, 0.2) is 0 Å². The summed E-state index contributed by atoms with van der Waals surface area (Å²) in [6.45, 7) is 4.24. The van der Waals surface area contributed by atoms with Crippen LogP contribution in [0.15, 0.2) is 0 Å². The van der Waals surface area contributed by atoms with Crippen LogP contribution in [-0.4, -0.2) is 24.9 Å². The van der Waals surface area contributed by atoms with E-state index in [1.54, 1.807) is 0 Å². The van der Waals surface area contributed by atoms with E-state index in [4.69, 9.17) is 9.84 Å². The predicted molar refractivity (Wildman–Crippen MR) is 83.6 cm³/mol. The van der Waals surface area contributed by atoms with Gasteiger partial charge in [0.25, 0.3) is 0 Å². The molecule has 19 heavy (non-hydrogen) atoms. The first-order chi connectivity index (χ1) is 9.41. The Balaban J connectivity index is 2.88. The first kappa shape index (κ1) is 18.9. The first-order valence-corrected chi connectivity index (χ1v) is 8.60. The van der Waals surface area contributed by atoms with Crippen LogP contribution in [0.25, 0.3) is 0 Å². The highest BCUT2D eigenvalue weighted by molar-refractivity contribution is 4.49. The van der Waals surface area contributed by atoms with E-state index in [9.17, 15) is 0 Å². The molecule has 0 unspecified atom stereocenters. The second-order valence-electron chi connectivity index (χ2n) is 5.52. The average molecular weight is 272 g/mol.